The first-order valence-corrected chi connectivity index (χ1v) is 5.43. The molecule has 0 aromatic heterocycles. The van der Waals surface area contributed by atoms with Crippen molar-refractivity contribution < 1.29 is 0 Å². The summed E-state index contributed by atoms with van der Waals surface area (Å²) in [5, 5.41) is 12.3. The van der Waals surface area contributed by atoms with E-state index >= 15 is 0 Å². The zero-order valence-corrected chi connectivity index (χ0v) is 10.7. The van der Waals surface area contributed by atoms with Crippen molar-refractivity contribution in [1.29, 1.82) is 5.26 Å². The largest absolute Gasteiger partial charge is 0.308 e. The van der Waals surface area contributed by atoms with Crippen LogP contribution in [-0.4, -0.2) is 62.7 Å². The normalized spacial score (nSPS) is 15.3. The lowest BCUT2D eigenvalue weighted by Crippen LogP contribution is -2.50. The Hall–Kier alpha value is -0.630. The first-order valence-electron chi connectivity index (χ1n) is 5.43. The number of hydrogen-bond donors (Lipinski definition) is 1. The van der Waals surface area contributed by atoms with Gasteiger partial charge in [-0.1, -0.05) is 6.92 Å². The van der Waals surface area contributed by atoms with Gasteiger partial charge in [-0.05, 0) is 34.6 Å². The Morgan fingerprint density at radius 2 is 1.87 bits per heavy atom. The fourth-order valence-corrected chi connectivity index (χ4v) is 1.51. The maximum Gasteiger partial charge on any atom is 0.116 e. The molecular weight excluding hydrogens is 188 g/mol. The highest BCUT2D eigenvalue weighted by molar-refractivity contribution is 5.05. The van der Waals surface area contributed by atoms with Gasteiger partial charge in [0.25, 0.3) is 0 Å². The van der Waals surface area contributed by atoms with Crippen LogP contribution in [-0.2, 0) is 0 Å². The second-order valence-corrected chi connectivity index (χ2v) is 4.52. The summed E-state index contributed by atoms with van der Waals surface area (Å²) in [7, 11) is 6.17. The molecule has 1 unspecified atom stereocenters. The van der Waals surface area contributed by atoms with Crippen LogP contribution in [0.15, 0.2) is 0 Å². The Kier molecular flexibility index (Phi) is 6.50. The summed E-state index contributed by atoms with van der Waals surface area (Å²) >= 11 is 0. The topological polar surface area (TPSA) is 42.3 Å². The molecule has 4 heteroatoms. The van der Waals surface area contributed by atoms with Crippen LogP contribution in [0, 0.1) is 11.3 Å². The van der Waals surface area contributed by atoms with E-state index in [2.05, 4.69) is 42.3 Å². The first kappa shape index (κ1) is 14.4. The van der Waals surface area contributed by atoms with Crippen LogP contribution in [0.5, 0.6) is 0 Å². The van der Waals surface area contributed by atoms with E-state index in [9.17, 15) is 0 Å². The molecule has 0 spiro atoms. The van der Waals surface area contributed by atoms with E-state index < -0.39 is 5.54 Å². The molecule has 0 saturated heterocycles. The number of nitrogens with zero attached hydrogens (tertiary/aromatic N) is 3. The quantitative estimate of drug-likeness (QED) is 0.662. The molecule has 0 amide bonds. The second-order valence-electron chi connectivity index (χ2n) is 4.52. The van der Waals surface area contributed by atoms with E-state index in [1.54, 1.807) is 0 Å². The Morgan fingerprint density at radius 3 is 2.27 bits per heavy atom. The maximum absolute atomic E-state index is 9.09. The van der Waals surface area contributed by atoms with E-state index in [0.29, 0.717) is 0 Å². The van der Waals surface area contributed by atoms with Crippen molar-refractivity contribution in [3.8, 4) is 6.07 Å². The molecule has 0 rings (SSSR count). The molecule has 0 fully saturated rings. The fourth-order valence-electron chi connectivity index (χ4n) is 1.51. The summed E-state index contributed by atoms with van der Waals surface area (Å²) in [5.74, 6) is 0. The maximum atomic E-state index is 9.09. The summed E-state index contributed by atoms with van der Waals surface area (Å²) in [5.41, 5.74) is -0.435. The van der Waals surface area contributed by atoms with E-state index in [0.717, 1.165) is 26.2 Å². The van der Waals surface area contributed by atoms with Crippen LogP contribution >= 0.6 is 0 Å². The monoisotopic (exact) mass is 212 g/mol. The molecule has 1 atom stereocenters. The summed E-state index contributed by atoms with van der Waals surface area (Å²) in [6, 6.07) is 2.33. The minimum Gasteiger partial charge on any atom is -0.308 e. The van der Waals surface area contributed by atoms with Crippen LogP contribution in [0.25, 0.3) is 0 Å². The van der Waals surface area contributed by atoms with E-state index in [1.807, 2.05) is 13.8 Å². The Morgan fingerprint density at radius 1 is 1.27 bits per heavy atom. The summed E-state index contributed by atoms with van der Waals surface area (Å²) in [4.78, 5) is 4.33. The summed E-state index contributed by atoms with van der Waals surface area (Å²) in [6.07, 6.45) is 0. The van der Waals surface area contributed by atoms with Crippen molar-refractivity contribution in [3.05, 3.63) is 0 Å². The van der Waals surface area contributed by atoms with E-state index in [1.165, 1.54) is 0 Å². The molecule has 0 radical (unpaired) electrons. The smallest absolute Gasteiger partial charge is 0.116 e. The highest BCUT2D eigenvalue weighted by Crippen LogP contribution is 2.03. The van der Waals surface area contributed by atoms with Gasteiger partial charge in [0, 0.05) is 19.6 Å². The van der Waals surface area contributed by atoms with Gasteiger partial charge in [0.05, 0.1) is 6.07 Å². The predicted molar refractivity (Wildman–Crippen MR) is 63.7 cm³/mol. The summed E-state index contributed by atoms with van der Waals surface area (Å²) in [6.45, 7) is 7.55. The van der Waals surface area contributed by atoms with Crippen molar-refractivity contribution in [2.24, 2.45) is 0 Å². The zero-order chi connectivity index (χ0) is 11.9. The molecule has 0 bridgehead atoms. The number of nitrogens with one attached hydrogen (secondary N) is 1. The van der Waals surface area contributed by atoms with Gasteiger partial charge in [-0.25, -0.2) is 0 Å². The second kappa shape index (κ2) is 6.78. The van der Waals surface area contributed by atoms with Crippen molar-refractivity contribution in [1.82, 2.24) is 15.1 Å². The molecule has 0 aliphatic heterocycles. The minimum absolute atomic E-state index is 0.435. The molecule has 88 valence electrons. The van der Waals surface area contributed by atoms with Gasteiger partial charge in [-0.15, -0.1) is 0 Å². The highest BCUT2D eigenvalue weighted by atomic mass is 15.2. The molecule has 15 heavy (non-hydrogen) atoms. The third-order valence-corrected chi connectivity index (χ3v) is 2.33. The summed E-state index contributed by atoms with van der Waals surface area (Å²) < 4.78 is 0. The Labute approximate surface area is 93.9 Å². The average Bonchev–Trinajstić information content (AvgIpc) is 2.15. The molecule has 0 aromatic rings. The predicted octanol–water partition coefficient (Wildman–Crippen LogP) is 0.372. The van der Waals surface area contributed by atoms with Gasteiger partial charge >= 0.3 is 0 Å². The number of nitriles is 1. The molecule has 0 heterocycles. The van der Waals surface area contributed by atoms with Crippen molar-refractivity contribution in [2.45, 2.75) is 19.4 Å². The Balaban J connectivity index is 4.02. The lowest BCUT2D eigenvalue weighted by Gasteiger charge is -2.29. The molecule has 0 aromatic carbocycles. The van der Waals surface area contributed by atoms with Gasteiger partial charge < -0.3 is 9.80 Å². The van der Waals surface area contributed by atoms with Gasteiger partial charge in [0.1, 0.15) is 5.54 Å². The zero-order valence-electron chi connectivity index (χ0n) is 10.7. The average molecular weight is 212 g/mol. The molecule has 4 nitrogen and oxygen atoms in total. The Bertz CT molecular complexity index is 209. The standard InChI is InChI=1S/C11H24N4/c1-6-13-11(2,9-12)10-15(5)8-7-14(3)4/h13H,6-8,10H2,1-5H3. The molecule has 0 aliphatic carbocycles. The van der Waals surface area contributed by atoms with Crippen molar-refractivity contribution in [2.75, 3.05) is 47.3 Å². The third kappa shape index (κ3) is 6.45. The fraction of sp³-hybridized carbons (Fsp3) is 0.909. The minimum atomic E-state index is -0.435. The first-order chi connectivity index (χ1) is 6.93. The number of hydrogen-bond acceptors (Lipinski definition) is 4. The molecule has 0 saturated carbocycles. The van der Waals surface area contributed by atoms with Gasteiger partial charge in [-0.2, -0.15) is 5.26 Å². The SMILES string of the molecule is CCNC(C)(C#N)CN(C)CCN(C)C. The van der Waals surface area contributed by atoms with Crippen molar-refractivity contribution in [3.63, 3.8) is 0 Å². The van der Waals surface area contributed by atoms with Crippen LogP contribution in [0.4, 0.5) is 0 Å². The van der Waals surface area contributed by atoms with E-state index in [-0.39, 0.29) is 0 Å². The highest BCUT2D eigenvalue weighted by Gasteiger charge is 2.23. The van der Waals surface area contributed by atoms with Gasteiger partial charge in [0.2, 0.25) is 0 Å². The number of likely N-dealkylation sites (N-methyl/N-ethyl adjacent to an activating group) is 3. The molecule has 0 aliphatic rings. The lowest BCUT2D eigenvalue weighted by molar-refractivity contribution is 0.237. The van der Waals surface area contributed by atoms with Crippen LogP contribution < -0.4 is 5.32 Å². The van der Waals surface area contributed by atoms with Gasteiger partial charge in [0.15, 0.2) is 0 Å². The van der Waals surface area contributed by atoms with Crippen LogP contribution in [0.1, 0.15) is 13.8 Å². The van der Waals surface area contributed by atoms with E-state index in [4.69, 9.17) is 5.26 Å². The van der Waals surface area contributed by atoms with Crippen LogP contribution in [0.3, 0.4) is 0 Å². The van der Waals surface area contributed by atoms with Crippen LogP contribution in [0.2, 0.25) is 0 Å². The molecule has 1 N–H and O–H groups in total. The van der Waals surface area contributed by atoms with Crippen molar-refractivity contribution >= 4 is 0 Å². The lowest BCUT2D eigenvalue weighted by atomic mass is 10.0. The van der Waals surface area contributed by atoms with Gasteiger partial charge in [-0.3, -0.25) is 5.32 Å². The molecular formula is C11H24N4. The third-order valence-electron chi connectivity index (χ3n) is 2.33. The number of rotatable bonds is 7.